The van der Waals surface area contributed by atoms with Crippen LogP contribution in [0.5, 0.6) is 0 Å². The number of rotatable bonds is 4. The molecule has 0 spiro atoms. The molecular formula is C12H14Cl2N3OS+. The minimum absolute atomic E-state index is 0.296. The molecule has 0 aliphatic carbocycles. The Morgan fingerprint density at radius 1 is 1.42 bits per heavy atom. The van der Waals surface area contributed by atoms with Crippen LogP contribution in [-0.2, 0) is 4.79 Å². The Morgan fingerprint density at radius 2 is 2.05 bits per heavy atom. The Bertz CT molecular complexity index is 530. The standard InChI is InChI=1S/C12H13Cl2N3OS/c1-17(6-5-11(15)18)10(7-16-19-17)12-8(13)3-2-4-9(12)14/h2-4,7,16H,5-6H2,1H3,(H-,15,18)/p+1. The number of nitrogens with zero attached hydrogens (tertiary/aromatic N) is 1. The summed E-state index contributed by atoms with van der Waals surface area (Å²) in [7, 11) is 1.99. The Hall–Kier alpha value is -0.880. The first-order chi connectivity index (χ1) is 8.94. The average Bonchev–Trinajstić information content (AvgIpc) is 2.70. The molecule has 3 N–H and O–H groups in total. The van der Waals surface area contributed by atoms with Gasteiger partial charge in [-0.3, -0.25) is 9.52 Å². The zero-order chi connectivity index (χ0) is 14.0. The molecular weight excluding hydrogens is 305 g/mol. The summed E-state index contributed by atoms with van der Waals surface area (Å²) in [4.78, 5) is 11.0. The van der Waals surface area contributed by atoms with E-state index in [4.69, 9.17) is 28.9 Å². The summed E-state index contributed by atoms with van der Waals surface area (Å²) in [5.41, 5.74) is 6.94. The molecule has 102 valence electrons. The van der Waals surface area contributed by atoms with Gasteiger partial charge in [0.05, 0.1) is 35.3 Å². The van der Waals surface area contributed by atoms with Crippen LogP contribution in [0.15, 0.2) is 24.4 Å². The molecule has 2 rings (SSSR count). The zero-order valence-corrected chi connectivity index (χ0v) is 12.6. The lowest BCUT2D eigenvalue weighted by Crippen LogP contribution is -2.36. The molecule has 0 saturated carbocycles. The highest BCUT2D eigenvalue weighted by atomic mass is 35.5. The summed E-state index contributed by atoms with van der Waals surface area (Å²) in [5.74, 6) is -0.323. The van der Waals surface area contributed by atoms with E-state index in [9.17, 15) is 4.79 Å². The molecule has 0 aromatic heterocycles. The molecule has 1 atom stereocenters. The number of amides is 1. The van der Waals surface area contributed by atoms with Crippen molar-refractivity contribution in [1.29, 1.82) is 0 Å². The molecule has 1 aliphatic rings. The van der Waals surface area contributed by atoms with Gasteiger partial charge in [-0.25, -0.2) is 3.89 Å². The maximum atomic E-state index is 11.0. The van der Waals surface area contributed by atoms with Crippen molar-refractivity contribution in [3.05, 3.63) is 40.0 Å². The van der Waals surface area contributed by atoms with E-state index in [1.54, 1.807) is 18.2 Å². The van der Waals surface area contributed by atoms with Crippen LogP contribution in [0.1, 0.15) is 12.0 Å². The van der Waals surface area contributed by atoms with Crippen LogP contribution < -0.4 is 10.5 Å². The van der Waals surface area contributed by atoms with Crippen LogP contribution in [0.4, 0.5) is 0 Å². The maximum absolute atomic E-state index is 11.0. The minimum atomic E-state index is -0.323. The first-order valence-corrected chi connectivity index (χ1v) is 7.20. The third-order valence-corrected chi connectivity index (χ3v) is 4.60. The van der Waals surface area contributed by atoms with E-state index in [2.05, 4.69) is 4.72 Å². The molecule has 1 amide bonds. The van der Waals surface area contributed by atoms with Gasteiger partial charge >= 0.3 is 0 Å². The smallest absolute Gasteiger partial charge is 0.223 e. The first kappa shape index (κ1) is 14.5. The van der Waals surface area contributed by atoms with Gasteiger partial charge in [-0.15, -0.1) is 0 Å². The van der Waals surface area contributed by atoms with Crippen molar-refractivity contribution in [3.8, 4) is 0 Å². The fraction of sp³-hybridized carbons (Fsp3) is 0.250. The number of hydrogen-bond donors (Lipinski definition) is 2. The van der Waals surface area contributed by atoms with E-state index in [1.807, 2.05) is 13.2 Å². The number of halogens is 2. The molecule has 1 aromatic carbocycles. The highest BCUT2D eigenvalue weighted by molar-refractivity contribution is 7.92. The second kappa shape index (κ2) is 5.63. The van der Waals surface area contributed by atoms with Gasteiger partial charge in [-0.05, 0) is 12.1 Å². The maximum Gasteiger partial charge on any atom is 0.223 e. The lowest BCUT2D eigenvalue weighted by molar-refractivity contribution is -0.691. The highest BCUT2D eigenvalue weighted by Crippen LogP contribution is 2.42. The predicted molar refractivity (Wildman–Crippen MR) is 80.0 cm³/mol. The van der Waals surface area contributed by atoms with Gasteiger partial charge in [0.15, 0.2) is 5.70 Å². The Morgan fingerprint density at radius 3 is 2.63 bits per heavy atom. The summed E-state index contributed by atoms with van der Waals surface area (Å²) in [5, 5.41) is 1.18. The molecule has 1 heterocycles. The minimum Gasteiger partial charge on any atom is -0.369 e. The van der Waals surface area contributed by atoms with Crippen molar-refractivity contribution in [3.63, 3.8) is 0 Å². The fourth-order valence-corrected chi connectivity index (χ4v) is 3.34. The summed E-state index contributed by atoms with van der Waals surface area (Å²) < 4.78 is 3.55. The van der Waals surface area contributed by atoms with Crippen LogP contribution >= 0.6 is 35.3 Å². The normalized spacial score (nSPS) is 21.9. The summed E-state index contributed by atoms with van der Waals surface area (Å²) >= 11 is 13.9. The Balaban J connectivity index is 2.35. The zero-order valence-electron chi connectivity index (χ0n) is 10.3. The number of nitrogens with two attached hydrogens (primary N) is 1. The average molecular weight is 319 g/mol. The number of primary amides is 1. The number of benzene rings is 1. The SMILES string of the molecule is C[N+]1(CCC(N)=O)SNC=C1c1c(Cl)cccc1Cl. The molecule has 1 aromatic rings. The number of hydrogen-bond acceptors (Lipinski definition) is 3. The van der Waals surface area contributed by atoms with Crippen LogP contribution in [0.2, 0.25) is 10.0 Å². The van der Waals surface area contributed by atoms with Crippen LogP contribution in [-0.4, -0.2) is 23.4 Å². The third kappa shape index (κ3) is 3.00. The third-order valence-electron chi connectivity index (χ3n) is 2.96. The number of carbonyl (C=O) groups is 1. The van der Waals surface area contributed by atoms with E-state index in [1.165, 1.54) is 12.1 Å². The van der Waals surface area contributed by atoms with Gasteiger partial charge < -0.3 is 5.73 Å². The molecule has 0 bridgehead atoms. The quantitative estimate of drug-likeness (QED) is 0.663. The molecule has 0 saturated heterocycles. The predicted octanol–water partition coefficient (Wildman–Crippen LogP) is 2.78. The fourth-order valence-electron chi connectivity index (χ4n) is 1.93. The van der Waals surface area contributed by atoms with Crippen molar-refractivity contribution in [1.82, 2.24) is 4.72 Å². The largest absolute Gasteiger partial charge is 0.369 e. The van der Waals surface area contributed by atoms with E-state index >= 15 is 0 Å². The number of carbonyl (C=O) groups excluding carboxylic acids is 1. The van der Waals surface area contributed by atoms with E-state index in [0.717, 1.165) is 11.3 Å². The second-order valence-corrected chi connectivity index (χ2v) is 6.41. The van der Waals surface area contributed by atoms with Gasteiger partial charge in [0.1, 0.15) is 6.54 Å². The van der Waals surface area contributed by atoms with Crippen LogP contribution in [0.25, 0.3) is 5.70 Å². The Kier molecular flexibility index (Phi) is 4.30. The summed E-state index contributed by atoms with van der Waals surface area (Å²) in [6.07, 6.45) is 2.16. The monoisotopic (exact) mass is 318 g/mol. The molecule has 4 nitrogen and oxygen atoms in total. The number of nitrogens with one attached hydrogen (secondary N) is 1. The molecule has 1 aliphatic heterocycles. The van der Waals surface area contributed by atoms with E-state index < -0.39 is 0 Å². The molecule has 7 heteroatoms. The van der Waals surface area contributed by atoms with Crippen molar-refractivity contribution in [2.45, 2.75) is 6.42 Å². The molecule has 0 fully saturated rings. The number of quaternary nitrogens is 1. The van der Waals surface area contributed by atoms with Crippen LogP contribution in [0.3, 0.4) is 0 Å². The van der Waals surface area contributed by atoms with E-state index in [0.29, 0.717) is 26.9 Å². The molecule has 0 radical (unpaired) electrons. The lowest BCUT2D eigenvalue weighted by Gasteiger charge is -2.27. The van der Waals surface area contributed by atoms with E-state index in [-0.39, 0.29) is 5.91 Å². The molecule has 19 heavy (non-hydrogen) atoms. The van der Waals surface area contributed by atoms with Crippen molar-refractivity contribution < 1.29 is 8.68 Å². The van der Waals surface area contributed by atoms with Gasteiger partial charge in [-0.1, -0.05) is 29.3 Å². The van der Waals surface area contributed by atoms with Gasteiger partial charge in [-0.2, -0.15) is 0 Å². The van der Waals surface area contributed by atoms with Crippen molar-refractivity contribution >= 4 is 46.9 Å². The van der Waals surface area contributed by atoms with Crippen molar-refractivity contribution in [2.24, 2.45) is 5.73 Å². The lowest BCUT2D eigenvalue weighted by atomic mass is 10.1. The topological polar surface area (TPSA) is 55.1 Å². The van der Waals surface area contributed by atoms with Gasteiger partial charge in [0.25, 0.3) is 0 Å². The Labute approximate surface area is 126 Å². The first-order valence-electron chi connectivity index (χ1n) is 5.67. The van der Waals surface area contributed by atoms with Crippen molar-refractivity contribution in [2.75, 3.05) is 13.6 Å². The van der Waals surface area contributed by atoms with Crippen LogP contribution in [0, 0.1) is 0 Å². The van der Waals surface area contributed by atoms with Gasteiger partial charge in [0.2, 0.25) is 18.0 Å². The molecule has 1 unspecified atom stereocenters. The summed E-state index contributed by atoms with van der Waals surface area (Å²) in [6, 6.07) is 5.40. The summed E-state index contributed by atoms with van der Waals surface area (Å²) in [6.45, 7) is 0.570. The second-order valence-electron chi connectivity index (χ2n) is 4.38. The highest BCUT2D eigenvalue weighted by Gasteiger charge is 2.38. The van der Waals surface area contributed by atoms with Gasteiger partial charge in [0, 0.05) is 0 Å².